The largest absolute Gasteiger partial charge is 0.494 e. The molecule has 0 aromatic heterocycles. The highest BCUT2D eigenvalue weighted by atomic mass is 79.9. The van der Waals surface area contributed by atoms with Crippen molar-refractivity contribution in [3.8, 4) is 17.2 Å². The Bertz CT molecular complexity index is 1240. The molecule has 0 aliphatic heterocycles. The minimum Gasteiger partial charge on any atom is -0.494 e. The molecule has 10 heteroatoms. The van der Waals surface area contributed by atoms with E-state index in [9.17, 15) is 14.4 Å². The predicted octanol–water partition coefficient (Wildman–Crippen LogP) is 4.16. The third kappa shape index (κ3) is 7.41. The van der Waals surface area contributed by atoms with E-state index in [-0.39, 0.29) is 11.5 Å². The lowest BCUT2D eigenvalue weighted by atomic mass is 10.2. The SMILES string of the molecule is CCOc1ccc(NC(=O)C(=O)N/N=C\c2ccc(OC(=O)c3cccc(Br)c3)c(OC)c2)cc1. The van der Waals surface area contributed by atoms with Gasteiger partial charge in [0.05, 0.1) is 25.5 Å². The molecule has 9 nitrogen and oxygen atoms in total. The Morgan fingerprint density at radius 1 is 0.971 bits per heavy atom. The molecule has 0 aliphatic carbocycles. The number of halogens is 1. The van der Waals surface area contributed by atoms with E-state index in [1.165, 1.54) is 19.4 Å². The average Bonchev–Trinajstić information content (AvgIpc) is 2.86. The van der Waals surface area contributed by atoms with Gasteiger partial charge < -0.3 is 19.5 Å². The van der Waals surface area contributed by atoms with Gasteiger partial charge in [-0.3, -0.25) is 9.59 Å². The molecule has 0 radical (unpaired) electrons. The van der Waals surface area contributed by atoms with Crippen LogP contribution >= 0.6 is 15.9 Å². The Morgan fingerprint density at radius 3 is 2.43 bits per heavy atom. The Kier molecular flexibility index (Phi) is 8.96. The fraction of sp³-hybridized carbons (Fsp3) is 0.120. The van der Waals surface area contributed by atoms with E-state index in [1.54, 1.807) is 60.7 Å². The lowest BCUT2D eigenvalue weighted by Crippen LogP contribution is -2.32. The summed E-state index contributed by atoms with van der Waals surface area (Å²) in [6, 6.07) is 18.1. The third-order valence-electron chi connectivity index (χ3n) is 4.46. The zero-order valence-electron chi connectivity index (χ0n) is 18.9. The molecule has 2 amide bonds. The lowest BCUT2D eigenvalue weighted by Gasteiger charge is -2.10. The minimum atomic E-state index is -0.943. The standard InChI is InChI=1S/C25H22BrN3O6/c1-3-34-20-10-8-19(9-11-20)28-23(30)24(31)29-27-15-16-7-12-21(22(13-16)33-2)35-25(32)17-5-4-6-18(26)14-17/h4-15H,3H2,1-2H3,(H,28,30)(H,29,31)/b27-15-. The first kappa shape index (κ1) is 25.4. The predicted molar refractivity (Wildman–Crippen MR) is 134 cm³/mol. The third-order valence-corrected chi connectivity index (χ3v) is 4.95. The first-order chi connectivity index (χ1) is 16.9. The number of hydrogen-bond acceptors (Lipinski definition) is 7. The Morgan fingerprint density at radius 2 is 1.74 bits per heavy atom. The monoisotopic (exact) mass is 539 g/mol. The van der Waals surface area contributed by atoms with E-state index < -0.39 is 17.8 Å². The summed E-state index contributed by atoms with van der Waals surface area (Å²) >= 11 is 3.31. The summed E-state index contributed by atoms with van der Waals surface area (Å²) in [7, 11) is 1.43. The second kappa shape index (κ2) is 12.3. The molecule has 0 atom stereocenters. The molecule has 0 saturated carbocycles. The van der Waals surface area contributed by atoms with Gasteiger partial charge in [0.15, 0.2) is 11.5 Å². The van der Waals surface area contributed by atoms with Gasteiger partial charge in [-0.2, -0.15) is 5.10 Å². The van der Waals surface area contributed by atoms with Gasteiger partial charge >= 0.3 is 17.8 Å². The molecule has 3 rings (SSSR count). The molecule has 0 spiro atoms. The maximum absolute atomic E-state index is 12.4. The second-order valence-electron chi connectivity index (χ2n) is 6.92. The van der Waals surface area contributed by atoms with E-state index in [2.05, 4.69) is 31.8 Å². The molecule has 0 bridgehead atoms. The molecule has 0 saturated heterocycles. The molecule has 0 heterocycles. The minimum absolute atomic E-state index is 0.216. The van der Waals surface area contributed by atoms with E-state index in [0.29, 0.717) is 29.2 Å². The number of nitrogens with zero attached hydrogens (tertiary/aromatic N) is 1. The molecule has 35 heavy (non-hydrogen) atoms. The number of esters is 1. The van der Waals surface area contributed by atoms with E-state index in [1.807, 2.05) is 6.92 Å². The number of nitrogens with one attached hydrogen (secondary N) is 2. The zero-order chi connectivity index (χ0) is 25.2. The molecule has 180 valence electrons. The summed E-state index contributed by atoms with van der Waals surface area (Å²) in [5.41, 5.74) is 3.51. The highest BCUT2D eigenvalue weighted by Crippen LogP contribution is 2.28. The quantitative estimate of drug-likeness (QED) is 0.146. The molecule has 2 N–H and O–H groups in total. The lowest BCUT2D eigenvalue weighted by molar-refractivity contribution is -0.136. The van der Waals surface area contributed by atoms with Gasteiger partial charge in [-0.15, -0.1) is 0 Å². The number of ether oxygens (including phenoxy) is 3. The summed E-state index contributed by atoms with van der Waals surface area (Å²) in [5.74, 6) is -1.20. The van der Waals surface area contributed by atoms with Crippen LogP contribution in [0.3, 0.4) is 0 Å². The molecule has 0 unspecified atom stereocenters. The van der Waals surface area contributed by atoms with Crippen molar-refractivity contribution in [2.45, 2.75) is 6.92 Å². The van der Waals surface area contributed by atoms with E-state index in [0.717, 1.165) is 4.47 Å². The number of carbonyl (C=O) groups excluding carboxylic acids is 3. The Balaban J connectivity index is 1.57. The smallest absolute Gasteiger partial charge is 0.343 e. The zero-order valence-corrected chi connectivity index (χ0v) is 20.5. The summed E-state index contributed by atoms with van der Waals surface area (Å²) in [6.07, 6.45) is 1.32. The number of anilines is 1. The van der Waals surface area contributed by atoms with Crippen LogP contribution in [0.5, 0.6) is 17.2 Å². The molecule has 3 aromatic rings. The van der Waals surface area contributed by atoms with Crippen molar-refractivity contribution in [1.82, 2.24) is 5.43 Å². The van der Waals surface area contributed by atoms with Gasteiger partial charge in [-0.25, -0.2) is 10.2 Å². The van der Waals surface area contributed by atoms with Crippen LogP contribution in [-0.2, 0) is 9.59 Å². The first-order valence-electron chi connectivity index (χ1n) is 10.4. The van der Waals surface area contributed by atoms with Gasteiger partial charge in [0, 0.05) is 10.2 Å². The van der Waals surface area contributed by atoms with Crippen LogP contribution in [0.2, 0.25) is 0 Å². The summed E-state index contributed by atoms with van der Waals surface area (Å²) in [6.45, 7) is 2.39. The van der Waals surface area contributed by atoms with Crippen molar-refractivity contribution < 1.29 is 28.6 Å². The first-order valence-corrected chi connectivity index (χ1v) is 11.2. The van der Waals surface area contributed by atoms with Crippen LogP contribution in [0.1, 0.15) is 22.8 Å². The number of methoxy groups -OCH3 is 1. The number of benzene rings is 3. The van der Waals surface area contributed by atoms with Crippen LogP contribution in [-0.4, -0.2) is 37.7 Å². The van der Waals surface area contributed by atoms with Gasteiger partial charge in [0.2, 0.25) is 0 Å². The fourth-order valence-electron chi connectivity index (χ4n) is 2.83. The second-order valence-corrected chi connectivity index (χ2v) is 7.84. The van der Waals surface area contributed by atoms with Gasteiger partial charge in [0.1, 0.15) is 5.75 Å². The fourth-order valence-corrected chi connectivity index (χ4v) is 3.23. The Labute approximate surface area is 210 Å². The van der Waals surface area contributed by atoms with Gasteiger partial charge in [0.25, 0.3) is 0 Å². The summed E-state index contributed by atoms with van der Waals surface area (Å²) in [4.78, 5) is 36.5. The Hall–Kier alpha value is -4.18. The molecule has 0 fully saturated rings. The van der Waals surface area contributed by atoms with Crippen molar-refractivity contribution >= 4 is 45.6 Å². The molecular formula is C25H22BrN3O6. The van der Waals surface area contributed by atoms with Crippen molar-refractivity contribution in [2.24, 2.45) is 5.10 Å². The number of carbonyl (C=O) groups is 3. The van der Waals surface area contributed by atoms with Gasteiger partial charge in [-0.05, 0) is 73.2 Å². The highest BCUT2D eigenvalue weighted by Gasteiger charge is 2.14. The number of hydrogen-bond donors (Lipinski definition) is 2. The summed E-state index contributed by atoms with van der Waals surface area (Å²) in [5, 5.41) is 6.26. The summed E-state index contributed by atoms with van der Waals surface area (Å²) < 4.78 is 16.8. The van der Waals surface area contributed by atoms with Gasteiger partial charge in [-0.1, -0.05) is 22.0 Å². The van der Waals surface area contributed by atoms with Crippen LogP contribution in [0.25, 0.3) is 0 Å². The van der Waals surface area contributed by atoms with E-state index >= 15 is 0 Å². The molecule has 0 aliphatic rings. The van der Waals surface area contributed by atoms with Crippen LogP contribution in [0.15, 0.2) is 76.3 Å². The topological polar surface area (TPSA) is 115 Å². The maximum Gasteiger partial charge on any atom is 0.343 e. The number of rotatable bonds is 8. The van der Waals surface area contributed by atoms with Crippen LogP contribution in [0, 0.1) is 0 Å². The molecule has 3 aromatic carbocycles. The molecular weight excluding hydrogens is 518 g/mol. The van der Waals surface area contributed by atoms with Crippen molar-refractivity contribution in [3.05, 3.63) is 82.3 Å². The van der Waals surface area contributed by atoms with Crippen LogP contribution < -0.4 is 25.0 Å². The van der Waals surface area contributed by atoms with E-state index in [4.69, 9.17) is 14.2 Å². The van der Waals surface area contributed by atoms with Crippen LogP contribution in [0.4, 0.5) is 5.69 Å². The normalized spacial score (nSPS) is 10.5. The maximum atomic E-state index is 12.4. The average molecular weight is 540 g/mol. The van der Waals surface area contributed by atoms with Crippen molar-refractivity contribution in [1.29, 1.82) is 0 Å². The van der Waals surface area contributed by atoms with Crippen molar-refractivity contribution in [3.63, 3.8) is 0 Å². The number of hydrazone groups is 1. The highest BCUT2D eigenvalue weighted by molar-refractivity contribution is 9.10. The van der Waals surface area contributed by atoms with Crippen molar-refractivity contribution in [2.75, 3.05) is 19.0 Å². The number of amides is 2.